The lowest BCUT2D eigenvalue weighted by atomic mass is 10.1. The molecule has 0 bridgehead atoms. The molecule has 0 saturated heterocycles. The molecule has 0 aliphatic carbocycles. The van der Waals surface area contributed by atoms with Crippen molar-refractivity contribution in [1.82, 2.24) is 5.32 Å². The Morgan fingerprint density at radius 2 is 1.78 bits per heavy atom. The van der Waals surface area contributed by atoms with Gasteiger partial charge in [-0.3, -0.25) is 0 Å². The minimum absolute atomic E-state index is 0.0227. The van der Waals surface area contributed by atoms with Gasteiger partial charge < -0.3 is 30.1 Å². The maximum absolute atomic E-state index is 11.2. The van der Waals surface area contributed by atoms with E-state index < -0.39 is 23.8 Å². The number of aliphatic carboxylic acids is 2. The number of aliphatic hydroxyl groups excluding tert-OH is 1. The van der Waals surface area contributed by atoms with Gasteiger partial charge in [0.1, 0.15) is 0 Å². The van der Waals surface area contributed by atoms with E-state index >= 15 is 0 Å². The number of hydrogen-bond donors (Lipinski definition) is 4. The average molecular weight is 394 g/mol. The van der Waals surface area contributed by atoms with Crippen molar-refractivity contribution in [3.05, 3.63) is 58.6 Å². The van der Waals surface area contributed by atoms with Crippen LogP contribution >= 0.6 is 11.6 Å². The second-order valence-corrected chi connectivity index (χ2v) is 6.35. The maximum atomic E-state index is 11.2. The molecule has 4 N–H and O–H groups in total. The summed E-state index contributed by atoms with van der Waals surface area (Å²) in [5, 5.41) is 32.0. The summed E-state index contributed by atoms with van der Waals surface area (Å²) in [5.41, 5.74) is 1.37. The molecule has 0 radical (unpaired) electrons. The zero-order chi connectivity index (χ0) is 19.6. The Bertz CT molecular complexity index is 872. The van der Waals surface area contributed by atoms with E-state index in [1.807, 2.05) is 0 Å². The highest BCUT2D eigenvalue weighted by atomic mass is 35.5. The van der Waals surface area contributed by atoms with E-state index in [-0.39, 0.29) is 18.0 Å². The fourth-order valence-corrected chi connectivity index (χ4v) is 2.81. The fourth-order valence-electron chi connectivity index (χ4n) is 2.61. The highest BCUT2D eigenvalue weighted by Gasteiger charge is 2.57. The van der Waals surface area contributed by atoms with Crippen LogP contribution in [-0.2, 0) is 16.1 Å². The molecule has 0 aromatic heterocycles. The second-order valence-electron chi connectivity index (χ2n) is 5.91. The summed E-state index contributed by atoms with van der Waals surface area (Å²) in [6.07, 6.45) is -0.760. The average Bonchev–Trinajstić information content (AvgIpc) is 3.02. The van der Waals surface area contributed by atoms with Crippen LogP contribution in [-0.4, -0.2) is 39.6 Å². The van der Waals surface area contributed by atoms with Gasteiger partial charge in [0.15, 0.2) is 11.5 Å². The van der Waals surface area contributed by atoms with Crippen molar-refractivity contribution >= 4 is 23.5 Å². The number of nitrogens with one attached hydrogen (secondary N) is 1. The molecule has 2 aromatic rings. The Labute approximate surface area is 158 Å². The standard InChI is InChI=1S/C18H16ClNO7/c19-12-3-1-2-11(7-12)13(21)9-20-8-10-4-5-14-15(6-10)27-18(26-14,16(22)23)17(24)25/h1-7,13,20-21H,8-9H2,(H,22,23)(H,24,25)/t13-/m0/s1. The molecule has 8 nitrogen and oxygen atoms in total. The molecule has 0 saturated carbocycles. The van der Waals surface area contributed by atoms with Crippen LogP contribution in [0.15, 0.2) is 42.5 Å². The molecule has 1 aliphatic rings. The molecule has 0 unspecified atom stereocenters. The van der Waals surface area contributed by atoms with Gasteiger partial charge in [-0.1, -0.05) is 29.8 Å². The highest BCUT2D eigenvalue weighted by molar-refractivity contribution is 6.30. The quantitative estimate of drug-likeness (QED) is 0.525. The van der Waals surface area contributed by atoms with Crippen LogP contribution in [0, 0.1) is 0 Å². The van der Waals surface area contributed by atoms with E-state index in [0.717, 1.165) is 0 Å². The summed E-state index contributed by atoms with van der Waals surface area (Å²) >= 11 is 5.90. The smallest absolute Gasteiger partial charge is 0.453 e. The zero-order valence-corrected chi connectivity index (χ0v) is 14.6. The number of carboxylic acid groups (broad SMARTS) is 2. The Hall–Kier alpha value is -2.81. The van der Waals surface area contributed by atoms with Gasteiger partial charge in [0.2, 0.25) is 0 Å². The van der Waals surface area contributed by atoms with Crippen molar-refractivity contribution in [3.63, 3.8) is 0 Å². The van der Waals surface area contributed by atoms with E-state index in [4.69, 9.17) is 31.3 Å². The van der Waals surface area contributed by atoms with E-state index in [2.05, 4.69) is 5.32 Å². The summed E-state index contributed by atoms with van der Waals surface area (Å²) in [6.45, 7) is 0.588. The first kappa shape index (κ1) is 19.0. The van der Waals surface area contributed by atoms with Gasteiger partial charge in [0.05, 0.1) is 6.10 Å². The normalized spacial score (nSPS) is 15.3. The molecule has 9 heteroatoms. The van der Waals surface area contributed by atoms with Crippen molar-refractivity contribution in [2.75, 3.05) is 6.54 Å². The zero-order valence-electron chi connectivity index (χ0n) is 13.9. The van der Waals surface area contributed by atoms with Crippen LogP contribution in [0.1, 0.15) is 17.2 Å². The monoisotopic (exact) mass is 393 g/mol. The van der Waals surface area contributed by atoms with Gasteiger partial charge >= 0.3 is 17.7 Å². The summed E-state index contributed by atoms with van der Waals surface area (Å²) in [7, 11) is 0. The predicted octanol–water partition coefficient (Wildman–Crippen LogP) is 1.80. The first-order chi connectivity index (χ1) is 12.8. The lowest BCUT2D eigenvalue weighted by Crippen LogP contribution is -2.54. The number of carbonyl (C=O) groups is 2. The topological polar surface area (TPSA) is 125 Å². The molecule has 27 heavy (non-hydrogen) atoms. The predicted molar refractivity (Wildman–Crippen MR) is 93.8 cm³/mol. The summed E-state index contributed by atoms with van der Waals surface area (Å²) in [4.78, 5) is 22.5. The van der Waals surface area contributed by atoms with Crippen molar-refractivity contribution < 1.29 is 34.4 Å². The van der Waals surface area contributed by atoms with Gasteiger partial charge in [0.25, 0.3) is 0 Å². The minimum Gasteiger partial charge on any atom is -0.475 e. The number of carboxylic acids is 2. The number of aliphatic hydroxyl groups is 1. The third kappa shape index (κ3) is 3.82. The Balaban J connectivity index is 1.63. The van der Waals surface area contributed by atoms with Gasteiger partial charge in [-0.15, -0.1) is 0 Å². The van der Waals surface area contributed by atoms with Gasteiger partial charge in [-0.2, -0.15) is 0 Å². The van der Waals surface area contributed by atoms with E-state index in [1.165, 1.54) is 12.1 Å². The molecule has 1 atom stereocenters. The number of fused-ring (bicyclic) bond motifs is 1. The maximum Gasteiger partial charge on any atom is 0.453 e. The van der Waals surface area contributed by atoms with Crippen molar-refractivity contribution in [2.45, 2.75) is 18.4 Å². The van der Waals surface area contributed by atoms with Gasteiger partial charge in [0, 0.05) is 18.1 Å². The third-order valence-corrected chi connectivity index (χ3v) is 4.21. The number of halogens is 1. The fraction of sp³-hybridized carbons (Fsp3) is 0.222. The van der Waals surface area contributed by atoms with Crippen LogP contribution in [0.3, 0.4) is 0 Å². The van der Waals surface area contributed by atoms with Crippen molar-refractivity contribution in [1.29, 1.82) is 0 Å². The first-order valence-electron chi connectivity index (χ1n) is 7.94. The van der Waals surface area contributed by atoms with Crippen molar-refractivity contribution in [3.8, 4) is 11.5 Å². The summed E-state index contributed by atoms with van der Waals surface area (Å²) < 4.78 is 10.0. The van der Waals surface area contributed by atoms with Crippen LogP contribution in [0.5, 0.6) is 11.5 Å². The van der Waals surface area contributed by atoms with Gasteiger partial charge in [-0.25, -0.2) is 9.59 Å². The highest BCUT2D eigenvalue weighted by Crippen LogP contribution is 2.40. The molecule has 3 rings (SSSR count). The molecular weight excluding hydrogens is 378 g/mol. The lowest BCUT2D eigenvalue weighted by Gasteiger charge is -2.16. The summed E-state index contributed by atoms with van der Waals surface area (Å²) in [5.74, 6) is -6.24. The summed E-state index contributed by atoms with van der Waals surface area (Å²) in [6, 6.07) is 11.5. The van der Waals surface area contributed by atoms with E-state index in [0.29, 0.717) is 22.7 Å². The van der Waals surface area contributed by atoms with Crippen LogP contribution < -0.4 is 14.8 Å². The molecule has 1 aliphatic heterocycles. The number of hydrogen-bond acceptors (Lipinski definition) is 6. The molecular formula is C18H16ClNO7. The van der Waals surface area contributed by atoms with Crippen LogP contribution in [0.25, 0.3) is 0 Å². The van der Waals surface area contributed by atoms with Crippen LogP contribution in [0.4, 0.5) is 0 Å². The largest absolute Gasteiger partial charge is 0.475 e. The van der Waals surface area contributed by atoms with Gasteiger partial charge in [-0.05, 0) is 35.4 Å². The van der Waals surface area contributed by atoms with Crippen molar-refractivity contribution in [2.24, 2.45) is 0 Å². The number of rotatable bonds is 7. The third-order valence-electron chi connectivity index (χ3n) is 3.98. The lowest BCUT2D eigenvalue weighted by molar-refractivity contribution is -0.194. The Morgan fingerprint density at radius 3 is 2.44 bits per heavy atom. The number of benzene rings is 2. The molecule has 0 fully saturated rings. The minimum atomic E-state index is -2.78. The Kier molecular flexibility index (Phi) is 5.22. The van der Waals surface area contributed by atoms with Crippen LogP contribution in [0.2, 0.25) is 5.02 Å². The Morgan fingerprint density at radius 1 is 1.07 bits per heavy atom. The van der Waals surface area contributed by atoms with E-state index in [1.54, 1.807) is 30.3 Å². The molecule has 0 amide bonds. The second kappa shape index (κ2) is 7.43. The molecule has 0 spiro atoms. The molecule has 1 heterocycles. The first-order valence-corrected chi connectivity index (χ1v) is 8.31. The molecule has 2 aromatic carbocycles. The SMILES string of the molecule is O=C(O)C1(C(=O)O)Oc2ccc(CNC[C@H](O)c3cccc(Cl)c3)cc2O1. The molecule has 142 valence electrons. The number of ether oxygens (including phenoxy) is 2. The van der Waals surface area contributed by atoms with E-state index in [9.17, 15) is 14.7 Å².